The number of para-hydroxylation sites is 2. The highest BCUT2D eigenvalue weighted by atomic mass is 32.2. The van der Waals surface area contributed by atoms with Crippen molar-refractivity contribution in [1.29, 1.82) is 0 Å². The quantitative estimate of drug-likeness (QED) is 0.682. The maximum atomic E-state index is 12.7. The van der Waals surface area contributed by atoms with Gasteiger partial charge in [-0.25, -0.2) is 13.2 Å². The Morgan fingerprint density at radius 2 is 1.88 bits per heavy atom. The highest BCUT2D eigenvalue weighted by Gasteiger charge is 2.17. The summed E-state index contributed by atoms with van der Waals surface area (Å²) >= 11 is 0. The molecule has 130 valence electrons. The Morgan fingerprint density at radius 3 is 2.68 bits per heavy atom. The van der Waals surface area contributed by atoms with Crippen LogP contribution in [0, 0.1) is 0 Å². The van der Waals surface area contributed by atoms with Crippen molar-refractivity contribution >= 4 is 26.7 Å². The maximum Gasteiger partial charge on any atom is 0.336 e. The summed E-state index contributed by atoms with van der Waals surface area (Å²) in [6.07, 6.45) is 0.816. The monoisotopic (exact) mass is 359 g/mol. The van der Waals surface area contributed by atoms with Gasteiger partial charge in [0.25, 0.3) is 10.0 Å². The highest BCUT2D eigenvalue weighted by Crippen LogP contribution is 2.27. The van der Waals surface area contributed by atoms with E-state index in [9.17, 15) is 13.2 Å². The summed E-state index contributed by atoms with van der Waals surface area (Å²) in [7, 11) is -3.81. The molecule has 1 aromatic heterocycles. The van der Waals surface area contributed by atoms with Crippen LogP contribution in [0.25, 0.3) is 11.0 Å². The number of rotatable bonds is 6. The van der Waals surface area contributed by atoms with Crippen molar-refractivity contribution < 1.29 is 17.6 Å². The van der Waals surface area contributed by atoms with Crippen molar-refractivity contribution in [3.05, 3.63) is 65.0 Å². The van der Waals surface area contributed by atoms with Gasteiger partial charge in [0.1, 0.15) is 11.3 Å². The molecule has 0 aliphatic rings. The third-order valence-electron chi connectivity index (χ3n) is 3.49. The minimum absolute atomic E-state index is 0.0687. The first-order valence-electron chi connectivity index (χ1n) is 7.78. The van der Waals surface area contributed by atoms with Crippen LogP contribution in [0.15, 0.2) is 68.7 Å². The first kappa shape index (κ1) is 17.0. The molecule has 0 spiro atoms. The van der Waals surface area contributed by atoms with Crippen LogP contribution in [0.3, 0.4) is 0 Å². The second kappa shape index (κ2) is 6.98. The predicted octanol–water partition coefficient (Wildman–Crippen LogP) is 3.38. The molecular weight excluding hydrogens is 342 g/mol. The van der Waals surface area contributed by atoms with Crippen LogP contribution >= 0.6 is 0 Å². The number of ether oxygens (including phenoxy) is 1. The Hall–Kier alpha value is -2.80. The number of benzene rings is 2. The average Bonchev–Trinajstić information content (AvgIpc) is 2.60. The molecule has 0 saturated carbocycles. The van der Waals surface area contributed by atoms with Crippen molar-refractivity contribution in [2.75, 3.05) is 11.3 Å². The summed E-state index contributed by atoms with van der Waals surface area (Å²) in [5.74, 6) is 0.472. The molecule has 1 heterocycles. The van der Waals surface area contributed by atoms with Crippen LogP contribution in [0.4, 0.5) is 5.69 Å². The van der Waals surface area contributed by atoms with Crippen molar-refractivity contribution in [1.82, 2.24) is 0 Å². The molecule has 1 N–H and O–H groups in total. The lowest BCUT2D eigenvalue weighted by molar-refractivity contribution is 0.319. The van der Waals surface area contributed by atoms with Crippen LogP contribution in [0.5, 0.6) is 5.75 Å². The molecule has 3 aromatic rings. The largest absolute Gasteiger partial charge is 0.491 e. The molecule has 0 unspecified atom stereocenters. The number of hydrogen-bond acceptors (Lipinski definition) is 5. The van der Waals surface area contributed by atoms with Crippen LogP contribution < -0.4 is 15.1 Å². The molecule has 7 heteroatoms. The minimum Gasteiger partial charge on any atom is -0.491 e. The van der Waals surface area contributed by atoms with Crippen molar-refractivity contribution in [3.8, 4) is 5.75 Å². The zero-order chi connectivity index (χ0) is 17.9. The fourth-order valence-corrected chi connectivity index (χ4v) is 3.41. The normalized spacial score (nSPS) is 11.4. The van der Waals surface area contributed by atoms with Gasteiger partial charge in [0.05, 0.1) is 17.2 Å². The van der Waals surface area contributed by atoms with E-state index in [4.69, 9.17) is 9.15 Å². The Bertz CT molecular complexity index is 1060. The van der Waals surface area contributed by atoms with E-state index >= 15 is 0 Å². The zero-order valence-electron chi connectivity index (χ0n) is 13.6. The van der Waals surface area contributed by atoms with Crippen LogP contribution in [-0.2, 0) is 10.0 Å². The molecule has 0 atom stereocenters. The Kier molecular flexibility index (Phi) is 4.76. The number of hydrogen-bond donors (Lipinski definition) is 1. The zero-order valence-corrected chi connectivity index (χ0v) is 14.4. The van der Waals surface area contributed by atoms with E-state index in [1.165, 1.54) is 30.3 Å². The Labute approximate surface area is 145 Å². The predicted molar refractivity (Wildman–Crippen MR) is 95.5 cm³/mol. The topological polar surface area (TPSA) is 85.6 Å². The summed E-state index contributed by atoms with van der Waals surface area (Å²) in [5, 5.41) is 0.526. The molecule has 6 nitrogen and oxygen atoms in total. The van der Waals surface area contributed by atoms with Crippen LogP contribution in [-0.4, -0.2) is 15.0 Å². The molecule has 3 rings (SSSR count). The molecule has 25 heavy (non-hydrogen) atoms. The number of anilines is 1. The van der Waals surface area contributed by atoms with Gasteiger partial charge >= 0.3 is 5.63 Å². The van der Waals surface area contributed by atoms with Crippen molar-refractivity contribution in [3.63, 3.8) is 0 Å². The summed E-state index contributed by atoms with van der Waals surface area (Å²) in [5.41, 5.74) is 0.219. The molecule has 0 aliphatic heterocycles. The van der Waals surface area contributed by atoms with Gasteiger partial charge < -0.3 is 9.15 Å². The van der Waals surface area contributed by atoms with Crippen molar-refractivity contribution in [2.45, 2.75) is 18.2 Å². The van der Waals surface area contributed by atoms with Gasteiger partial charge in [-0.15, -0.1) is 0 Å². The third-order valence-corrected chi connectivity index (χ3v) is 4.86. The standard InChI is InChI=1S/C18H17NO5S/c1-2-11-23-17-6-4-3-5-15(17)19-25(21,22)14-8-9-16-13(12-14)7-10-18(20)24-16/h3-10,12,19H,2,11H2,1H3. The fourth-order valence-electron chi connectivity index (χ4n) is 2.31. The molecule has 2 aromatic carbocycles. The van der Waals surface area contributed by atoms with E-state index in [0.717, 1.165) is 6.42 Å². The van der Waals surface area contributed by atoms with E-state index in [1.54, 1.807) is 24.3 Å². The molecule has 0 amide bonds. The molecular formula is C18H17NO5S. The van der Waals surface area contributed by atoms with Crippen LogP contribution in [0.2, 0.25) is 0 Å². The van der Waals surface area contributed by atoms with Gasteiger partial charge in [-0.1, -0.05) is 19.1 Å². The Morgan fingerprint density at radius 1 is 1.08 bits per heavy atom. The van der Waals surface area contributed by atoms with Gasteiger partial charge in [0.15, 0.2) is 0 Å². The van der Waals surface area contributed by atoms with E-state index in [-0.39, 0.29) is 4.90 Å². The van der Waals surface area contributed by atoms with E-state index in [1.807, 2.05) is 6.92 Å². The molecule has 0 bridgehead atoms. The van der Waals surface area contributed by atoms with Gasteiger partial charge in [-0.05, 0) is 42.8 Å². The molecule has 0 radical (unpaired) electrons. The summed E-state index contributed by atoms with van der Waals surface area (Å²) in [4.78, 5) is 11.3. The van der Waals surface area contributed by atoms with Gasteiger partial charge in [0, 0.05) is 11.5 Å². The first-order chi connectivity index (χ1) is 12.0. The highest BCUT2D eigenvalue weighted by molar-refractivity contribution is 7.92. The maximum absolute atomic E-state index is 12.7. The smallest absolute Gasteiger partial charge is 0.336 e. The third kappa shape index (κ3) is 3.83. The van der Waals surface area contributed by atoms with Gasteiger partial charge in [-0.3, -0.25) is 4.72 Å². The fraction of sp³-hybridized carbons (Fsp3) is 0.167. The van der Waals surface area contributed by atoms with Gasteiger partial charge in [-0.2, -0.15) is 0 Å². The second-order valence-electron chi connectivity index (χ2n) is 5.40. The van der Waals surface area contributed by atoms with Crippen molar-refractivity contribution in [2.24, 2.45) is 0 Å². The number of nitrogens with one attached hydrogen (secondary N) is 1. The Balaban J connectivity index is 1.95. The summed E-state index contributed by atoms with van der Waals surface area (Å²) in [6.45, 7) is 2.47. The molecule has 0 fully saturated rings. The van der Waals surface area contributed by atoms with Gasteiger partial charge in [0.2, 0.25) is 0 Å². The van der Waals surface area contributed by atoms with E-state index in [0.29, 0.717) is 29.0 Å². The molecule has 0 aliphatic carbocycles. The number of fused-ring (bicyclic) bond motifs is 1. The first-order valence-corrected chi connectivity index (χ1v) is 9.26. The molecule has 0 saturated heterocycles. The SMILES string of the molecule is CCCOc1ccccc1NS(=O)(=O)c1ccc2oc(=O)ccc2c1. The van der Waals surface area contributed by atoms with E-state index in [2.05, 4.69) is 4.72 Å². The lowest BCUT2D eigenvalue weighted by Gasteiger charge is -2.13. The minimum atomic E-state index is -3.81. The lowest BCUT2D eigenvalue weighted by Crippen LogP contribution is -2.14. The van der Waals surface area contributed by atoms with E-state index < -0.39 is 15.6 Å². The summed E-state index contributed by atoms with van der Waals surface area (Å²) in [6, 6.07) is 13.9. The second-order valence-corrected chi connectivity index (χ2v) is 7.09. The summed E-state index contributed by atoms with van der Waals surface area (Å²) < 4.78 is 38.5. The van der Waals surface area contributed by atoms with Crippen LogP contribution in [0.1, 0.15) is 13.3 Å². The lowest BCUT2D eigenvalue weighted by atomic mass is 10.2. The average molecular weight is 359 g/mol. The number of sulfonamides is 1.